The van der Waals surface area contributed by atoms with E-state index in [0.29, 0.717) is 5.56 Å². The summed E-state index contributed by atoms with van der Waals surface area (Å²) in [5.74, 6) is -1.13. The number of rotatable bonds is 5. The average molecular weight is 324 g/mol. The molecule has 0 N–H and O–H groups in total. The normalized spacial score (nSPS) is 10.9. The highest BCUT2D eigenvalue weighted by molar-refractivity contribution is 5.71. The van der Waals surface area contributed by atoms with Crippen molar-refractivity contribution in [2.45, 2.75) is 26.9 Å². The van der Waals surface area contributed by atoms with E-state index in [-0.39, 0.29) is 17.5 Å². The molecule has 0 aliphatic heterocycles. The summed E-state index contributed by atoms with van der Waals surface area (Å²) in [5.41, 5.74) is -0.0281. The molecule has 1 aromatic heterocycles. The molecule has 0 radical (unpaired) electrons. The van der Waals surface area contributed by atoms with E-state index in [2.05, 4.69) is 10.4 Å². The highest BCUT2D eigenvalue weighted by Crippen LogP contribution is 2.25. The monoisotopic (exact) mass is 324 g/mol. The summed E-state index contributed by atoms with van der Waals surface area (Å²) in [5, 5.41) is 7.29. The molecule has 0 saturated carbocycles. The molecule has 1 heterocycles. The SMILES string of the molecule is Cc1cc(-n2nnn(C)c2=O)c(OCC(=O)OC(C)C)cc1F. The number of benzene rings is 1. The first-order valence-corrected chi connectivity index (χ1v) is 6.91. The Morgan fingerprint density at radius 1 is 1.35 bits per heavy atom. The Morgan fingerprint density at radius 3 is 2.61 bits per heavy atom. The average Bonchev–Trinajstić information content (AvgIpc) is 2.79. The van der Waals surface area contributed by atoms with E-state index < -0.39 is 24.1 Å². The lowest BCUT2D eigenvalue weighted by Crippen LogP contribution is -2.23. The fraction of sp³-hybridized carbons (Fsp3) is 0.429. The second kappa shape index (κ2) is 6.59. The van der Waals surface area contributed by atoms with Crippen molar-refractivity contribution in [2.24, 2.45) is 7.05 Å². The van der Waals surface area contributed by atoms with Crippen LogP contribution in [0, 0.1) is 12.7 Å². The second-order valence-electron chi connectivity index (χ2n) is 5.19. The number of carbonyl (C=O) groups excluding carboxylic acids is 1. The van der Waals surface area contributed by atoms with Crippen LogP contribution in [-0.4, -0.2) is 38.5 Å². The molecule has 2 rings (SSSR count). The van der Waals surface area contributed by atoms with Crippen LogP contribution in [0.4, 0.5) is 4.39 Å². The molecule has 0 saturated heterocycles. The van der Waals surface area contributed by atoms with E-state index in [9.17, 15) is 14.0 Å². The maximum Gasteiger partial charge on any atom is 0.368 e. The summed E-state index contributed by atoms with van der Waals surface area (Å²) in [6.07, 6.45) is -0.289. The van der Waals surface area contributed by atoms with Crippen molar-refractivity contribution < 1.29 is 18.7 Å². The van der Waals surface area contributed by atoms with E-state index in [1.54, 1.807) is 13.8 Å². The quantitative estimate of drug-likeness (QED) is 0.754. The van der Waals surface area contributed by atoms with Crippen LogP contribution in [0.5, 0.6) is 5.75 Å². The zero-order chi connectivity index (χ0) is 17.1. The second-order valence-corrected chi connectivity index (χ2v) is 5.19. The van der Waals surface area contributed by atoms with Gasteiger partial charge in [0.05, 0.1) is 6.10 Å². The van der Waals surface area contributed by atoms with E-state index in [1.165, 1.54) is 20.0 Å². The van der Waals surface area contributed by atoms with Crippen LogP contribution in [0.15, 0.2) is 16.9 Å². The largest absolute Gasteiger partial charge is 0.480 e. The Balaban J connectivity index is 2.35. The van der Waals surface area contributed by atoms with Crippen molar-refractivity contribution in [3.05, 3.63) is 34.0 Å². The van der Waals surface area contributed by atoms with Gasteiger partial charge in [0.2, 0.25) is 0 Å². The lowest BCUT2D eigenvalue weighted by atomic mass is 10.2. The van der Waals surface area contributed by atoms with Crippen LogP contribution in [0.2, 0.25) is 0 Å². The van der Waals surface area contributed by atoms with Crippen LogP contribution in [0.1, 0.15) is 19.4 Å². The lowest BCUT2D eigenvalue weighted by molar-refractivity contribution is -0.149. The maximum atomic E-state index is 13.8. The van der Waals surface area contributed by atoms with Crippen molar-refractivity contribution in [3.63, 3.8) is 0 Å². The molecule has 124 valence electrons. The van der Waals surface area contributed by atoms with Gasteiger partial charge in [-0.2, -0.15) is 9.36 Å². The third-order valence-corrected chi connectivity index (χ3v) is 2.90. The van der Waals surface area contributed by atoms with Gasteiger partial charge in [-0.05, 0) is 42.8 Å². The minimum atomic E-state index is -0.599. The molecule has 0 spiro atoms. The first kappa shape index (κ1) is 16.7. The van der Waals surface area contributed by atoms with E-state index in [0.717, 1.165) is 15.4 Å². The summed E-state index contributed by atoms with van der Waals surface area (Å²) in [4.78, 5) is 23.5. The van der Waals surface area contributed by atoms with Gasteiger partial charge in [-0.15, -0.1) is 0 Å². The number of esters is 1. The molecule has 0 amide bonds. The van der Waals surface area contributed by atoms with Crippen molar-refractivity contribution in [3.8, 4) is 11.4 Å². The summed E-state index contributed by atoms with van der Waals surface area (Å²) >= 11 is 0. The Labute approximate surface area is 131 Å². The third kappa shape index (κ3) is 3.74. The Morgan fingerprint density at radius 2 is 2.04 bits per heavy atom. The fourth-order valence-corrected chi connectivity index (χ4v) is 1.83. The standard InChI is InChI=1S/C14H17FN4O4/c1-8(2)23-13(20)7-22-12-6-10(15)9(3)5-11(12)19-14(21)18(4)16-17-19/h5-6,8H,7H2,1-4H3. The lowest BCUT2D eigenvalue weighted by Gasteiger charge is -2.12. The van der Waals surface area contributed by atoms with Gasteiger partial charge in [0.25, 0.3) is 0 Å². The summed E-state index contributed by atoms with van der Waals surface area (Å²) in [7, 11) is 1.43. The summed E-state index contributed by atoms with van der Waals surface area (Å²) < 4.78 is 26.0. The zero-order valence-electron chi connectivity index (χ0n) is 13.2. The highest BCUT2D eigenvalue weighted by atomic mass is 19.1. The van der Waals surface area contributed by atoms with Gasteiger partial charge in [0.1, 0.15) is 17.3 Å². The summed E-state index contributed by atoms with van der Waals surface area (Å²) in [6, 6.07) is 2.49. The Kier molecular flexibility index (Phi) is 4.77. The molecule has 0 fully saturated rings. The zero-order valence-corrected chi connectivity index (χ0v) is 13.2. The van der Waals surface area contributed by atoms with Gasteiger partial charge in [-0.25, -0.2) is 14.0 Å². The minimum Gasteiger partial charge on any atom is -0.480 e. The van der Waals surface area contributed by atoms with Crippen LogP contribution in [0.25, 0.3) is 5.69 Å². The van der Waals surface area contributed by atoms with Crippen molar-refractivity contribution in [1.82, 2.24) is 19.8 Å². The van der Waals surface area contributed by atoms with Gasteiger partial charge < -0.3 is 9.47 Å². The molecule has 2 aromatic rings. The highest BCUT2D eigenvalue weighted by Gasteiger charge is 2.17. The first-order chi connectivity index (χ1) is 10.8. The predicted molar refractivity (Wildman–Crippen MR) is 78.0 cm³/mol. The molecule has 0 aliphatic rings. The molecule has 0 bridgehead atoms. The van der Waals surface area contributed by atoms with Gasteiger partial charge in [-0.1, -0.05) is 0 Å². The van der Waals surface area contributed by atoms with Crippen LogP contribution in [-0.2, 0) is 16.6 Å². The molecule has 1 aromatic carbocycles. The number of hydrogen-bond acceptors (Lipinski definition) is 6. The number of hydrogen-bond donors (Lipinski definition) is 0. The fourth-order valence-electron chi connectivity index (χ4n) is 1.83. The van der Waals surface area contributed by atoms with Crippen LogP contribution < -0.4 is 10.4 Å². The van der Waals surface area contributed by atoms with Crippen molar-refractivity contribution >= 4 is 5.97 Å². The molecule has 23 heavy (non-hydrogen) atoms. The Bertz CT molecular complexity index is 782. The van der Waals surface area contributed by atoms with E-state index >= 15 is 0 Å². The Hall–Kier alpha value is -2.71. The molecule has 9 heteroatoms. The number of halogens is 1. The molecule has 0 atom stereocenters. The predicted octanol–water partition coefficient (Wildman–Crippen LogP) is 0.744. The first-order valence-electron chi connectivity index (χ1n) is 6.91. The van der Waals surface area contributed by atoms with Gasteiger partial charge in [-0.3, -0.25) is 0 Å². The van der Waals surface area contributed by atoms with Gasteiger partial charge >= 0.3 is 11.7 Å². The number of aromatic nitrogens is 4. The number of nitrogens with zero attached hydrogens (tertiary/aromatic N) is 4. The van der Waals surface area contributed by atoms with E-state index in [1.807, 2.05) is 0 Å². The summed E-state index contributed by atoms with van der Waals surface area (Å²) in [6.45, 7) is 4.53. The van der Waals surface area contributed by atoms with Crippen molar-refractivity contribution in [1.29, 1.82) is 0 Å². The maximum absolute atomic E-state index is 13.8. The number of carbonyl (C=O) groups is 1. The van der Waals surface area contributed by atoms with Crippen LogP contribution >= 0.6 is 0 Å². The molecular weight excluding hydrogens is 307 g/mol. The number of ether oxygens (including phenoxy) is 2. The molecule has 0 aliphatic carbocycles. The van der Waals surface area contributed by atoms with Crippen molar-refractivity contribution in [2.75, 3.05) is 6.61 Å². The van der Waals surface area contributed by atoms with Gasteiger partial charge in [0, 0.05) is 13.1 Å². The number of tetrazole rings is 1. The smallest absolute Gasteiger partial charge is 0.368 e. The number of aryl methyl sites for hydroxylation is 2. The molecular formula is C14H17FN4O4. The molecule has 8 nitrogen and oxygen atoms in total. The van der Waals surface area contributed by atoms with E-state index in [4.69, 9.17) is 9.47 Å². The minimum absolute atomic E-state index is 0.00333. The topological polar surface area (TPSA) is 88.2 Å². The van der Waals surface area contributed by atoms with Gasteiger partial charge in [0.15, 0.2) is 6.61 Å². The van der Waals surface area contributed by atoms with Crippen LogP contribution in [0.3, 0.4) is 0 Å². The molecule has 0 unspecified atom stereocenters. The third-order valence-electron chi connectivity index (χ3n) is 2.90.